The number of ether oxygens (including phenoxy) is 1. The zero-order valence-electron chi connectivity index (χ0n) is 7.95. The Labute approximate surface area is 78.4 Å². The lowest BCUT2D eigenvalue weighted by molar-refractivity contribution is -0.142. The Hall–Kier alpha value is -0.830. The first-order valence-electron chi connectivity index (χ1n) is 4.83. The summed E-state index contributed by atoms with van der Waals surface area (Å²) in [5.74, 6) is -0.0343. The smallest absolute Gasteiger partial charge is 0.323 e. The molecule has 0 bridgehead atoms. The summed E-state index contributed by atoms with van der Waals surface area (Å²) in [5, 5.41) is 0. The van der Waals surface area contributed by atoms with E-state index in [9.17, 15) is 4.79 Å². The topological polar surface area (TPSA) is 29.5 Å². The average Bonchev–Trinajstić information content (AvgIpc) is 2.53. The Morgan fingerprint density at radius 1 is 1.62 bits per heavy atom. The van der Waals surface area contributed by atoms with E-state index in [1.807, 2.05) is 0 Å². The van der Waals surface area contributed by atoms with Gasteiger partial charge in [-0.25, -0.2) is 0 Å². The Bertz CT molecular complexity index is 247. The monoisotopic (exact) mass is 181 g/mol. The summed E-state index contributed by atoms with van der Waals surface area (Å²) in [6.07, 6.45) is 4.16. The molecule has 0 spiro atoms. The molecule has 1 fully saturated rings. The summed E-state index contributed by atoms with van der Waals surface area (Å²) in [5.41, 5.74) is 1.43. The van der Waals surface area contributed by atoms with Gasteiger partial charge in [-0.3, -0.25) is 9.69 Å². The zero-order valence-corrected chi connectivity index (χ0v) is 7.95. The van der Waals surface area contributed by atoms with Gasteiger partial charge in [0.15, 0.2) is 0 Å². The molecule has 2 aliphatic heterocycles. The van der Waals surface area contributed by atoms with Crippen molar-refractivity contribution in [3.05, 3.63) is 11.6 Å². The summed E-state index contributed by atoms with van der Waals surface area (Å²) in [6, 6.07) is 0.0318. The molecule has 0 aromatic rings. The third kappa shape index (κ3) is 1.75. The molecule has 1 unspecified atom stereocenters. The van der Waals surface area contributed by atoms with Gasteiger partial charge in [0.25, 0.3) is 0 Å². The molecule has 2 aliphatic rings. The molecular weight excluding hydrogens is 166 g/mol. The molecule has 0 amide bonds. The maximum atomic E-state index is 11.3. The van der Waals surface area contributed by atoms with Gasteiger partial charge in [-0.15, -0.1) is 0 Å². The fourth-order valence-electron chi connectivity index (χ4n) is 1.89. The normalized spacial score (nSPS) is 30.1. The van der Waals surface area contributed by atoms with Gasteiger partial charge in [0.1, 0.15) is 6.04 Å². The van der Waals surface area contributed by atoms with Gasteiger partial charge in [-0.1, -0.05) is 11.6 Å². The van der Waals surface area contributed by atoms with E-state index in [2.05, 4.69) is 17.9 Å². The second-order valence-corrected chi connectivity index (χ2v) is 3.77. The van der Waals surface area contributed by atoms with Crippen molar-refractivity contribution in [2.45, 2.75) is 25.8 Å². The van der Waals surface area contributed by atoms with E-state index in [0.717, 1.165) is 25.9 Å². The molecule has 72 valence electrons. The number of cyclic esters (lactones) is 1. The van der Waals surface area contributed by atoms with Crippen LogP contribution in [0.2, 0.25) is 0 Å². The van der Waals surface area contributed by atoms with Gasteiger partial charge < -0.3 is 4.74 Å². The van der Waals surface area contributed by atoms with Crippen molar-refractivity contribution in [3.8, 4) is 0 Å². The molecule has 0 aromatic heterocycles. The molecule has 3 nitrogen and oxygen atoms in total. The standard InChI is InChI=1S/C10H15NO2/c1-8-2-5-11(6-3-8)9-4-7-13-10(9)12/h2,9H,3-7H2,1H3. The Morgan fingerprint density at radius 3 is 3.00 bits per heavy atom. The molecule has 0 N–H and O–H groups in total. The van der Waals surface area contributed by atoms with Crippen LogP contribution in [0.25, 0.3) is 0 Å². The highest BCUT2D eigenvalue weighted by atomic mass is 16.5. The van der Waals surface area contributed by atoms with Crippen molar-refractivity contribution in [1.29, 1.82) is 0 Å². The second kappa shape index (κ2) is 3.50. The second-order valence-electron chi connectivity index (χ2n) is 3.77. The number of carbonyl (C=O) groups excluding carboxylic acids is 1. The first-order valence-corrected chi connectivity index (χ1v) is 4.83. The molecule has 1 atom stereocenters. The summed E-state index contributed by atoms with van der Waals surface area (Å²) < 4.78 is 4.94. The molecular formula is C10H15NO2. The van der Waals surface area contributed by atoms with Crippen molar-refractivity contribution in [2.24, 2.45) is 0 Å². The first kappa shape index (κ1) is 8.75. The van der Waals surface area contributed by atoms with E-state index in [4.69, 9.17) is 4.74 Å². The van der Waals surface area contributed by atoms with Gasteiger partial charge in [-0.2, -0.15) is 0 Å². The zero-order chi connectivity index (χ0) is 9.26. The van der Waals surface area contributed by atoms with E-state index in [0.29, 0.717) is 6.61 Å². The number of nitrogens with zero attached hydrogens (tertiary/aromatic N) is 1. The molecule has 0 saturated carbocycles. The lowest BCUT2D eigenvalue weighted by Crippen LogP contribution is -2.40. The lowest BCUT2D eigenvalue weighted by Gasteiger charge is -2.28. The number of carbonyl (C=O) groups is 1. The predicted octanol–water partition coefficient (Wildman–Crippen LogP) is 0.954. The first-order chi connectivity index (χ1) is 6.27. The largest absolute Gasteiger partial charge is 0.464 e. The Kier molecular flexibility index (Phi) is 2.36. The minimum Gasteiger partial charge on any atom is -0.464 e. The highest BCUT2D eigenvalue weighted by molar-refractivity contribution is 5.77. The molecule has 0 aliphatic carbocycles. The molecule has 2 rings (SSSR count). The summed E-state index contributed by atoms with van der Waals surface area (Å²) >= 11 is 0. The number of hydrogen-bond acceptors (Lipinski definition) is 3. The fraction of sp³-hybridized carbons (Fsp3) is 0.700. The molecule has 3 heteroatoms. The molecule has 2 heterocycles. The predicted molar refractivity (Wildman–Crippen MR) is 49.3 cm³/mol. The Balaban J connectivity index is 1.98. The third-order valence-corrected chi connectivity index (χ3v) is 2.82. The van der Waals surface area contributed by atoms with Crippen LogP contribution in [0.5, 0.6) is 0 Å². The minimum atomic E-state index is -0.0343. The highest BCUT2D eigenvalue weighted by Gasteiger charge is 2.32. The van der Waals surface area contributed by atoms with Crippen LogP contribution in [0.3, 0.4) is 0 Å². The average molecular weight is 181 g/mol. The van der Waals surface area contributed by atoms with Gasteiger partial charge in [-0.05, 0) is 13.3 Å². The number of hydrogen-bond donors (Lipinski definition) is 0. The van der Waals surface area contributed by atoms with E-state index in [1.54, 1.807) is 0 Å². The summed E-state index contributed by atoms with van der Waals surface area (Å²) in [4.78, 5) is 13.5. The third-order valence-electron chi connectivity index (χ3n) is 2.82. The molecule has 0 aromatic carbocycles. The Morgan fingerprint density at radius 2 is 2.46 bits per heavy atom. The SMILES string of the molecule is CC1=CCN(C2CCOC2=O)CC1. The maximum absolute atomic E-state index is 11.3. The quantitative estimate of drug-likeness (QED) is 0.445. The van der Waals surface area contributed by atoms with Crippen LogP contribution in [0.4, 0.5) is 0 Å². The molecule has 13 heavy (non-hydrogen) atoms. The van der Waals surface area contributed by atoms with Gasteiger partial charge in [0.05, 0.1) is 6.61 Å². The van der Waals surface area contributed by atoms with Gasteiger partial charge in [0, 0.05) is 19.5 Å². The summed E-state index contributed by atoms with van der Waals surface area (Å²) in [7, 11) is 0. The lowest BCUT2D eigenvalue weighted by atomic mass is 10.1. The molecule has 0 radical (unpaired) electrons. The van der Waals surface area contributed by atoms with Gasteiger partial charge in [0.2, 0.25) is 0 Å². The van der Waals surface area contributed by atoms with Crippen molar-refractivity contribution < 1.29 is 9.53 Å². The van der Waals surface area contributed by atoms with Crippen LogP contribution in [-0.4, -0.2) is 36.6 Å². The summed E-state index contributed by atoms with van der Waals surface area (Å²) in [6.45, 7) is 4.65. The van der Waals surface area contributed by atoms with E-state index in [1.165, 1.54) is 5.57 Å². The fourth-order valence-corrected chi connectivity index (χ4v) is 1.89. The minimum absolute atomic E-state index is 0.0318. The van der Waals surface area contributed by atoms with E-state index >= 15 is 0 Å². The maximum Gasteiger partial charge on any atom is 0.323 e. The van der Waals surface area contributed by atoms with Crippen molar-refractivity contribution in [3.63, 3.8) is 0 Å². The highest BCUT2D eigenvalue weighted by Crippen LogP contribution is 2.18. The van der Waals surface area contributed by atoms with E-state index < -0.39 is 0 Å². The van der Waals surface area contributed by atoms with Gasteiger partial charge >= 0.3 is 5.97 Å². The van der Waals surface area contributed by atoms with Crippen molar-refractivity contribution in [1.82, 2.24) is 4.90 Å². The van der Waals surface area contributed by atoms with Crippen LogP contribution in [0.15, 0.2) is 11.6 Å². The van der Waals surface area contributed by atoms with Crippen molar-refractivity contribution in [2.75, 3.05) is 19.7 Å². The molecule has 1 saturated heterocycles. The van der Waals surface area contributed by atoms with Crippen molar-refractivity contribution >= 4 is 5.97 Å². The van der Waals surface area contributed by atoms with Crippen LogP contribution in [0.1, 0.15) is 19.8 Å². The number of rotatable bonds is 1. The van der Waals surface area contributed by atoms with Crippen LogP contribution < -0.4 is 0 Å². The van der Waals surface area contributed by atoms with Crippen LogP contribution >= 0.6 is 0 Å². The van der Waals surface area contributed by atoms with Crippen LogP contribution in [-0.2, 0) is 9.53 Å². The number of esters is 1. The van der Waals surface area contributed by atoms with Crippen LogP contribution in [0, 0.1) is 0 Å². The van der Waals surface area contributed by atoms with E-state index in [-0.39, 0.29) is 12.0 Å².